The molecule has 0 spiro atoms. The van der Waals surface area contributed by atoms with Gasteiger partial charge in [-0.05, 0) is 31.9 Å². The molecule has 2 N–H and O–H groups in total. The van der Waals surface area contributed by atoms with Crippen molar-refractivity contribution in [3.63, 3.8) is 0 Å². The maximum absolute atomic E-state index is 10.8. The average Bonchev–Trinajstić information content (AvgIpc) is 2.82. The molecule has 1 aliphatic heterocycles. The first-order chi connectivity index (χ1) is 8.27. The molecule has 1 fully saturated rings. The first kappa shape index (κ1) is 11.8. The highest BCUT2D eigenvalue weighted by atomic mass is 16.6. The molecule has 0 radical (unpaired) electrons. The van der Waals surface area contributed by atoms with E-state index in [1.165, 1.54) is 19.0 Å². The van der Waals surface area contributed by atoms with Gasteiger partial charge in [0, 0.05) is 18.8 Å². The number of rotatable bonds is 5. The minimum absolute atomic E-state index is 0.0341. The van der Waals surface area contributed by atoms with Crippen molar-refractivity contribution in [2.45, 2.75) is 25.3 Å². The Morgan fingerprint density at radius 1 is 1.65 bits per heavy atom. The summed E-state index contributed by atoms with van der Waals surface area (Å²) in [5.41, 5.74) is 0.579. The van der Waals surface area contributed by atoms with Gasteiger partial charge in [0.2, 0.25) is 0 Å². The molecule has 2 rings (SSSR count). The molecule has 0 aliphatic carbocycles. The van der Waals surface area contributed by atoms with Crippen LogP contribution >= 0.6 is 0 Å². The first-order valence-electron chi connectivity index (χ1n) is 5.83. The first-order valence-corrected chi connectivity index (χ1v) is 5.83. The van der Waals surface area contributed by atoms with Crippen molar-refractivity contribution in [3.8, 4) is 0 Å². The molecule has 1 atom stereocenters. The summed E-state index contributed by atoms with van der Waals surface area (Å²) in [5.74, 6) is 0. The smallest absolute Gasteiger partial charge is 0.310 e. The quantitative estimate of drug-likeness (QED) is 0.598. The Morgan fingerprint density at radius 2 is 2.53 bits per heavy atom. The minimum Gasteiger partial charge on any atom is -0.379 e. The zero-order valence-corrected chi connectivity index (χ0v) is 9.56. The molecule has 6 heteroatoms. The van der Waals surface area contributed by atoms with E-state index < -0.39 is 4.92 Å². The predicted octanol–water partition coefficient (Wildman–Crippen LogP) is 1.54. The fraction of sp³-hybridized carbons (Fsp3) is 0.545. The second-order valence-corrected chi connectivity index (χ2v) is 4.16. The summed E-state index contributed by atoms with van der Waals surface area (Å²) >= 11 is 0. The van der Waals surface area contributed by atoms with E-state index in [1.54, 1.807) is 12.3 Å². The lowest BCUT2D eigenvalue weighted by molar-refractivity contribution is -0.384. The largest absolute Gasteiger partial charge is 0.379 e. The fourth-order valence-corrected chi connectivity index (χ4v) is 2.07. The van der Waals surface area contributed by atoms with Crippen molar-refractivity contribution in [2.24, 2.45) is 0 Å². The molecular formula is C11H16N4O2. The van der Waals surface area contributed by atoms with Crippen molar-refractivity contribution in [1.29, 1.82) is 0 Å². The predicted molar refractivity (Wildman–Crippen MR) is 65.0 cm³/mol. The molecule has 1 saturated heterocycles. The third-order valence-electron chi connectivity index (χ3n) is 2.97. The van der Waals surface area contributed by atoms with E-state index >= 15 is 0 Å². The maximum atomic E-state index is 10.8. The summed E-state index contributed by atoms with van der Waals surface area (Å²) in [6.45, 7) is 1.82. The molecule has 17 heavy (non-hydrogen) atoms. The lowest BCUT2D eigenvalue weighted by Crippen LogP contribution is -2.24. The second kappa shape index (κ2) is 5.58. The third kappa shape index (κ3) is 3.13. The second-order valence-electron chi connectivity index (χ2n) is 4.16. The molecule has 0 amide bonds. The van der Waals surface area contributed by atoms with Crippen LogP contribution in [0.2, 0.25) is 0 Å². The molecule has 92 valence electrons. The van der Waals surface area contributed by atoms with Gasteiger partial charge in [0.05, 0.1) is 4.92 Å². The summed E-state index contributed by atoms with van der Waals surface area (Å²) in [6.07, 6.45) is 6.24. The normalized spacial score (nSPS) is 19.2. The molecule has 2 heterocycles. The van der Waals surface area contributed by atoms with Crippen molar-refractivity contribution in [2.75, 3.05) is 18.4 Å². The van der Waals surface area contributed by atoms with Gasteiger partial charge in [0.15, 0.2) is 0 Å². The number of hydrogen-bond donors (Lipinski definition) is 2. The van der Waals surface area contributed by atoms with Crippen LogP contribution in [-0.4, -0.2) is 29.0 Å². The van der Waals surface area contributed by atoms with Crippen molar-refractivity contribution in [1.82, 2.24) is 10.3 Å². The van der Waals surface area contributed by atoms with Crippen LogP contribution in [0, 0.1) is 10.1 Å². The molecule has 0 bridgehead atoms. The number of nitro groups is 1. The molecule has 0 unspecified atom stereocenters. The number of anilines is 1. The van der Waals surface area contributed by atoms with Gasteiger partial charge in [-0.2, -0.15) is 0 Å². The van der Waals surface area contributed by atoms with Gasteiger partial charge in [0.1, 0.15) is 11.9 Å². The number of aromatic nitrogens is 1. The molecule has 6 nitrogen and oxygen atoms in total. The summed E-state index contributed by atoms with van der Waals surface area (Å²) < 4.78 is 0. The SMILES string of the molecule is O=[N+]([O-])c1cnccc1NCC[C@H]1CCCN1. The third-order valence-corrected chi connectivity index (χ3v) is 2.97. The fourth-order valence-electron chi connectivity index (χ4n) is 2.07. The van der Waals surface area contributed by atoms with E-state index in [-0.39, 0.29) is 5.69 Å². The van der Waals surface area contributed by atoms with Crippen LogP contribution in [0.3, 0.4) is 0 Å². The van der Waals surface area contributed by atoms with E-state index in [2.05, 4.69) is 15.6 Å². The summed E-state index contributed by atoms with van der Waals surface area (Å²) in [5, 5.41) is 17.2. The van der Waals surface area contributed by atoms with E-state index in [4.69, 9.17) is 0 Å². The van der Waals surface area contributed by atoms with Gasteiger partial charge in [-0.3, -0.25) is 15.1 Å². The van der Waals surface area contributed by atoms with Gasteiger partial charge in [-0.15, -0.1) is 0 Å². The Kier molecular flexibility index (Phi) is 3.87. The lowest BCUT2D eigenvalue weighted by Gasteiger charge is -2.11. The van der Waals surface area contributed by atoms with Crippen LogP contribution < -0.4 is 10.6 Å². The van der Waals surface area contributed by atoms with Crippen LogP contribution in [0.15, 0.2) is 18.5 Å². The maximum Gasteiger partial charge on any atom is 0.310 e. The number of pyridine rings is 1. The van der Waals surface area contributed by atoms with Gasteiger partial charge in [0.25, 0.3) is 0 Å². The highest BCUT2D eigenvalue weighted by Crippen LogP contribution is 2.22. The Hall–Kier alpha value is -1.69. The van der Waals surface area contributed by atoms with Gasteiger partial charge < -0.3 is 10.6 Å². The molecule has 0 aromatic carbocycles. The van der Waals surface area contributed by atoms with Gasteiger partial charge in [-0.25, -0.2) is 0 Å². The van der Waals surface area contributed by atoms with Crippen LogP contribution in [0.1, 0.15) is 19.3 Å². The van der Waals surface area contributed by atoms with Gasteiger partial charge >= 0.3 is 5.69 Å². The van der Waals surface area contributed by atoms with E-state index in [0.29, 0.717) is 11.7 Å². The van der Waals surface area contributed by atoms with Crippen molar-refractivity contribution >= 4 is 11.4 Å². The number of nitrogens with zero attached hydrogens (tertiary/aromatic N) is 2. The van der Waals surface area contributed by atoms with E-state index in [0.717, 1.165) is 19.5 Å². The number of hydrogen-bond acceptors (Lipinski definition) is 5. The summed E-state index contributed by atoms with van der Waals surface area (Å²) in [7, 11) is 0. The highest BCUT2D eigenvalue weighted by molar-refractivity contribution is 5.59. The zero-order chi connectivity index (χ0) is 12.1. The molecule has 1 aromatic rings. The van der Waals surface area contributed by atoms with E-state index in [9.17, 15) is 10.1 Å². The van der Waals surface area contributed by atoms with Crippen molar-refractivity contribution in [3.05, 3.63) is 28.6 Å². The summed E-state index contributed by atoms with van der Waals surface area (Å²) in [6, 6.07) is 2.18. The van der Waals surface area contributed by atoms with Crippen LogP contribution in [-0.2, 0) is 0 Å². The highest BCUT2D eigenvalue weighted by Gasteiger charge is 2.15. The Labute approximate surface area is 99.6 Å². The zero-order valence-electron chi connectivity index (χ0n) is 9.56. The Bertz CT molecular complexity index is 391. The van der Waals surface area contributed by atoms with Crippen LogP contribution in [0.5, 0.6) is 0 Å². The Morgan fingerprint density at radius 3 is 3.24 bits per heavy atom. The molecule has 0 saturated carbocycles. The molecular weight excluding hydrogens is 220 g/mol. The molecule has 1 aromatic heterocycles. The van der Waals surface area contributed by atoms with Gasteiger partial charge in [-0.1, -0.05) is 0 Å². The minimum atomic E-state index is -0.414. The summed E-state index contributed by atoms with van der Waals surface area (Å²) in [4.78, 5) is 14.1. The van der Waals surface area contributed by atoms with Crippen LogP contribution in [0.25, 0.3) is 0 Å². The lowest BCUT2D eigenvalue weighted by atomic mass is 10.1. The molecule has 1 aliphatic rings. The standard InChI is InChI=1S/C11H16N4O2/c16-15(17)11-8-12-6-4-10(11)14-7-3-9-2-1-5-13-9/h4,6,8-9,13H,1-3,5,7H2,(H,12,14)/t9-/m1/s1. The van der Waals surface area contributed by atoms with E-state index in [1.807, 2.05) is 0 Å². The van der Waals surface area contributed by atoms with Crippen LogP contribution in [0.4, 0.5) is 11.4 Å². The average molecular weight is 236 g/mol. The Balaban J connectivity index is 1.87. The number of nitrogens with one attached hydrogen (secondary N) is 2. The van der Waals surface area contributed by atoms with Crippen molar-refractivity contribution < 1.29 is 4.92 Å². The topological polar surface area (TPSA) is 80.1 Å². The monoisotopic (exact) mass is 236 g/mol.